The van der Waals surface area contributed by atoms with E-state index in [1.54, 1.807) is 38.5 Å². The minimum absolute atomic E-state index is 0.0324. The third kappa shape index (κ3) is 6.89. The normalized spacial score (nSPS) is 16.5. The maximum atomic E-state index is 13.5. The van der Waals surface area contributed by atoms with Gasteiger partial charge in [0.25, 0.3) is 5.91 Å². The molecular weight excluding hydrogens is 571 g/mol. The molecule has 2 atom stereocenters. The Kier molecular flexibility index (Phi) is 9.88. The van der Waals surface area contributed by atoms with E-state index in [-0.39, 0.29) is 59.7 Å². The summed E-state index contributed by atoms with van der Waals surface area (Å²) in [4.78, 5) is 42.9. The van der Waals surface area contributed by atoms with Crippen LogP contribution in [-0.2, 0) is 22.3 Å². The van der Waals surface area contributed by atoms with Crippen LogP contribution in [0, 0.1) is 0 Å². The SMILES string of the molecule is CCOC(=O)[C@@H]1C[C@H](NC)CN1C(=O)c1nc(-c2ccc(OC)c3nc(C(F)(F)F)ccc23)oc1CN.c1cncnc1. The number of fused-ring (bicyclic) bond motifs is 1. The first kappa shape index (κ1) is 31.3. The van der Waals surface area contributed by atoms with E-state index in [1.807, 2.05) is 0 Å². The number of hydrogen-bond donors (Lipinski definition) is 2. The topological polar surface area (TPSA) is 159 Å². The number of oxazole rings is 1. The predicted molar refractivity (Wildman–Crippen MR) is 148 cm³/mol. The van der Waals surface area contributed by atoms with E-state index in [2.05, 4.69) is 25.3 Å². The molecule has 3 N–H and O–H groups in total. The van der Waals surface area contributed by atoms with Gasteiger partial charge < -0.3 is 29.8 Å². The van der Waals surface area contributed by atoms with Crippen molar-refractivity contribution in [2.75, 3.05) is 27.3 Å². The summed E-state index contributed by atoms with van der Waals surface area (Å²) in [5, 5.41) is 3.34. The minimum atomic E-state index is -4.65. The van der Waals surface area contributed by atoms with E-state index in [9.17, 15) is 22.8 Å². The number of halogens is 3. The quantitative estimate of drug-likeness (QED) is 0.300. The molecule has 15 heteroatoms. The molecule has 1 fully saturated rings. The zero-order valence-corrected chi connectivity index (χ0v) is 23.6. The fraction of sp³-hybridized carbons (Fsp3) is 0.357. The molecule has 0 radical (unpaired) electrons. The largest absolute Gasteiger partial charge is 0.494 e. The Morgan fingerprint density at radius 1 is 1.16 bits per heavy atom. The fourth-order valence-corrected chi connectivity index (χ4v) is 4.59. The van der Waals surface area contributed by atoms with Gasteiger partial charge in [0.05, 0.1) is 20.3 Å². The first-order chi connectivity index (χ1) is 20.6. The van der Waals surface area contributed by atoms with Crippen LogP contribution in [0.1, 0.15) is 35.3 Å². The molecule has 4 aromatic rings. The summed E-state index contributed by atoms with van der Waals surface area (Å²) >= 11 is 0. The maximum Gasteiger partial charge on any atom is 0.433 e. The van der Waals surface area contributed by atoms with Gasteiger partial charge in [0, 0.05) is 35.9 Å². The van der Waals surface area contributed by atoms with E-state index in [1.165, 1.54) is 30.5 Å². The summed E-state index contributed by atoms with van der Waals surface area (Å²) in [6.07, 6.45) is 0.584. The number of nitrogens with one attached hydrogen (secondary N) is 1. The number of nitrogens with zero attached hydrogens (tertiary/aromatic N) is 5. The highest BCUT2D eigenvalue weighted by molar-refractivity contribution is 5.99. The van der Waals surface area contributed by atoms with E-state index in [0.717, 1.165) is 6.07 Å². The standard InChI is InChI=1S/C24H26F3N5O5.C4H4N2/c1-4-36-23(34)15-9-12(29-2)11-32(15)22(33)20-17(10-28)37-21(31-20)14-5-7-16(35-3)19-13(14)6-8-18(30-19)24(25,26)27;1-2-5-4-6-3-1/h5-8,12,15,29H,4,9-11,28H2,1-3H3;1-4H/t12-,15-;/m0./s1. The molecule has 43 heavy (non-hydrogen) atoms. The number of likely N-dealkylation sites (tertiary alicyclic amines) is 1. The Hall–Kier alpha value is -4.63. The lowest BCUT2D eigenvalue weighted by molar-refractivity contribution is -0.147. The van der Waals surface area contributed by atoms with Crippen LogP contribution >= 0.6 is 0 Å². The molecule has 1 aliphatic heterocycles. The van der Waals surface area contributed by atoms with Crippen LogP contribution < -0.4 is 15.8 Å². The molecule has 12 nitrogen and oxygen atoms in total. The van der Waals surface area contributed by atoms with E-state index in [0.29, 0.717) is 12.0 Å². The van der Waals surface area contributed by atoms with Crippen molar-refractivity contribution in [1.82, 2.24) is 30.2 Å². The summed E-state index contributed by atoms with van der Waals surface area (Å²) in [6, 6.07) is 5.90. The summed E-state index contributed by atoms with van der Waals surface area (Å²) in [5.74, 6) is -0.936. The molecule has 0 spiro atoms. The second-order valence-electron chi connectivity index (χ2n) is 9.25. The van der Waals surface area contributed by atoms with Crippen molar-refractivity contribution >= 4 is 22.8 Å². The number of ether oxygens (including phenoxy) is 2. The minimum Gasteiger partial charge on any atom is -0.494 e. The number of benzene rings is 1. The lowest BCUT2D eigenvalue weighted by atomic mass is 10.1. The van der Waals surface area contributed by atoms with Crippen molar-refractivity contribution in [3.05, 3.63) is 66.2 Å². The Morgan fingerprint density at radius 2 is 1.91 bits per heavy atom. The zero-order valence-electron chi connectivity index (χ0n) is 23.6. The zero-order chi connectivity index (χ0) is 31.1. The van der Waals surface area contributed by atoms with Gasteiger partial charge in [0.15, 0.2) is 11.5 Å². The number of rotatable bonds is 7. The molecule has 1 aliphatic rings. The summed E-state index contributed by atoms with van der Waals surface area (Å²) in [5.41, 5.74) is 4.91. The second-order valence-corrected chi connectivity index (χ2v) is 9.25. The Bertz CT molecular complexity index is 1540. The molecule has 0 unspecified atom stereocenters. The highest BCUT2D eigenvalue weighted by Gasteiger charge is 2.42. The average molecular weight is 602 g/mol. The Labute approximate surface area is 244 Å². The third-order valence-corrected chi connectivity index (χ3v) is 6.65. The van der Waals surface area contributed by atoms with Gasteiger partial charge in [-0.25, -0.2) is 24.7 Å². The molecule has 1 saturated heterocycles. The number of carbonyl (C=O) groups is 2. The van der Waals surface area contributed by atoms with Crippen LogP contribution in [0.15, 0.2) is 53.5 Å². The van der Waals surface area contributed by atoms with Gasteiger partial charge in [-0.3, -0.25) is 4.79 Å². The third-order valence-electron chi connectivity index (χ3n) is 6.65. The van der Waals surface area contributed by atoms with E-state index in [4.69, 9.17) is 19.6 Å². The van der Waals surface area contributed by atoms with Crippen LogP contribution in [0.2, 0.25) is 0 Å². The number of alkyl halides is 3. The van der Waals surface area contributed by atoms with Crippen molar-refractivity contribution in [1.29, 1.82) is 0 Å². The number of methoxy groups -OCH3 is 1. The number of likely N-dealkylation sites (N-methyl/N-ethyl adjacent to an activating group) is 1. The van der Waals surface area contributed by atoms with Crippen LogP contribution in [0.5, 0.6) is 5.75 Å². The highest BCUT2D eigenvalue weighted by Crippen LogP contribution is 2.37. The van der Waals surface area contributed by atoms with Crippen LogP contribution in [0.3, 0.4) is 0 Å². The molecule has 3 aromatic heterocycles. The maximum absolute atomic E-state index is 13.5. The molecule has 0 aliphatic carbocycles. The van der Waals surface area contributed by atoms with Gasteiger partial charge >= 0.3 is 12.1 Å². The number of pyridine rings is 1. The molecule has 228 valence electrons. The lowest BCUT2D eigenvalue weighted by Gasteiger charge is -2.22. The molecule has 0 saturated carbocycles. The van der Waals surface area contributed by atoms with E-state index >= 15 is 0 Å². The van der Waals surface area contributed by atoms with Crippen LogP contribution in [0.25, 0.3) is 22.4 Å². The smallest absolute Gasteiger partial charge is 0.433 e. The number of amides is 1. The van der Waals surface area contributed by atoms with Crippen molar-refractivity contribution in [2.24, 2.45) is 5.73 Å². The second kappa shape index (κ2) is 13.6. The van der Waals surface area contributed by atoms with Gasteiger partial charge in [0.2, 0.25) is 5.89 Å². The van der Waals surface area contributed by atoms with Crippen LogP contribution in [-0.4, -0.2) is 76.1 Å². The Balaban J connectivity index is 0.000000628. The predicted octanol–water partition coefficient (Wildman–Crippen LogP) is 3.22. The van der Waals surface area contributed by atoms with Gasteiger partial charge in [0.1, 0.15) is 29.3 Å². The number of hydrogen-bond acceptors (Lipinski definition) is 11. The van der Waals surface area contributed by atoms with Gasteiger partial charge in [-0.1, -0.05) is 0 Å². The number of esters is 1. The average Bonchev–Trinajstić information content (AvgIpc) is 3.66. The first-order valence-electron chi connectivity index (χ1n) is 13.2. The van der Waals surface area contributed by atoms with Crippen molar-refractivity contribution in [2.45, 2.75) is 38.1 Å². The van der Waals surface area contributed by atoms with Gasteiger partial charge in [-0.05, 0) is 50.7 Å². The molecular formula is C28H30F3N7O5. The molecule has 0 bridgehead atoms. The molecule has 5 rings (SSSR count). The van der Waals surface area contributed by atoms with Crippen molar-refractivity contribution in [3.8, 4) is 17.2 Å². The van der Waals surface area contributed by atoms with Gasteiger partial charge in [-0.2, -0.15) is 13.2 Å². The van der Waals surface area contributed by atoms with Crippen molar-refractivity contribution in [3.63, 3.8) is 0 Å². The molecule has 4 heterocycles. The number of nitrogens with two attached hydrogens (primary N) is 1. The van der Waals surface area contributed by atoms with Crippen molar-refractivity contribution < 1.29 is 36.7 Å². The number of aromatic nitrogens is 4. The van der Waals surface area contributed by atoms with Crippen LogP contribution in [0.4, 0.5) is 13.2 Å². The Morgan fingerprint density at radius 3 is 2.47 bits per heavy atom. The van der Waals surface area contributed by atoms with E-state index < -0.39 is 29.8 Å². The lowest BCUT2D eigenvalue weighted by Crippen LogP contribution is -2.42. The molecule has 1 aromatic carbocycles. The number of carbonyl (C=O) groups excluding carboxylic acids is 2. The molecule has 1 amide bonds. The summed E-state index contributed by atoms with van der Waals surface area (Å²) in [7, 11) is 3.05. The van der Waals surface area contributed by atoms with Gasteiger partial charge in [-0.15, -0.1) is 0 Å². The fourth-order valence-electron chi connectivity index (χ4n) is 4.59. The first-order valence-corrected chi connectivity index (χ1v) is 13.2. The monoisotopic (exact) mass is 601 g/mol. The summed E-state index contributed by atoms with van der Waals surface area (Å²) in [6.45, 7) is 1.90. The summed E-state index contributed by atoms with van der Waals surface area (Å²) < 4.78 is 56.0. The highest BCUT2D eigenvalue weighted by atomic mass is 19.4.